The maximum Gasteiger partial charge on any atom is 0.414 e. The molecule has 1 N–H and O–H groups in total. The lowest BCUT2D eigenvalue weighted by Gasteiger charge is -2.46. The van der Waals surface area contributed by atoms with Crippen LogP contribution in [0.5, 0.6) is 0 Å². The monoisotopic (exact) mass is 496 g/mol. The first-order valence-corrected chi connectivity index (χ1v) is 13.1. The molecule has 35 heavy (non-hydrogen) atoms. The number of aryl methyl sites for hydroxylation is 1. The normalized spacial score (nSPS) is 26.7. The summed E-state index contributed by atoms with van der Waals surface area (Å²) in [6.07, 6.45) is 8.65. The van der Waals surface area contributed by atoms with Crippen molar-refractivity contribution in [1.29, 1.82) is 0 Å². The minimum Gasteiger partial charge on any atom is -0.452 e. The van der Waals surface area contributed by atoms with Crippen molar-refractivity contribution in [2.45, 2.75) is 70.5 Å². The van der Waals surface area contributed by atoms with Crippen molar-refractivity contribution >= 4 is 34.4 Å². The average Bonchev–Trinajstić information content (AvgIpc) is 3.55. The Bertz CT molecular complexity index is 1270. The molecular weight excluding hydrogens is 464 g/mol. The number of anilines is 1. The number of methoxy groups -OCH3 is 1. The molecule has 0 radical (unpaired) electrons. The molecular formula is C26H33ClN6O2. The van der Waals surface area contributed by atoms with Crippen molar-refractivity contribution in [3.63, 3.8) is 0 Å². The molecule has 6 rings (SSSR count). The number of halogens is 1. The molecule has 2 atom stereocenters. The van der Waals surface area contributed by atoms with Gasteiger partial charge < -0.3 is 14.6 Å². The summed E-state index contributed by atoms with van der Waals surface area (Å²) in [5, 5.41) is 8.60. The quantitative estimate of drug-likeness (QED) is 0.555. The van der Waals surface area contributed by atoms with E-state index < -0.39 is 0 Å². The smallest absolute Gasteiger partial charge is 0.414 e. The van der Waals surface area contributed by atoms with E-state index in [1.165, 1.54) is 31.9 Å². The molecule has 2 aromatic heterocycles. The van der Waals surface area contributed by atoms with Crippen molar-refractivity contribution in [2.75, 3.05) is 25.1 Å². The zero-order valence-corrected chi connectivity index (χ0v) is 21.4. The van der Waals surface area contributed by atoms with Gasteiger partial charge in [-0.1, -0.05) is 18.5 Å². The molecule has 186 valence electrons. The van der Waals surface area contributed by atoms with Crippen molar-refractivity contribution in [3.8, 4) is 0 Å². The van der Waals surface area contributed by atoms with Gasteiger partial charge in [0.05, 0.1) is 41.6 Å². The standard InChI is InChI=1S/C26H33ClN6O2/c1-16(13-31-14-18(27)12-29-31)24-30-23-20-5-4-17(2)32(25(34)35-3)21(20)6-7-22(23)33(24)19-10-26(11-19)8-9-28-15-26/h6-7,12,14,16-17,19,28H,4-5,8-11,13,15H2,1-3H3/t16-,17-,19?,26?/m0/s1. The zero-order chi connectivity index (χ0) is 24.3. The summed E-state index contributed by atoms with van der Waals surface area (Å²) in [5.74, 6) is 1.25. The second kappa shape index (κ2) is 8.52. The van der Waals surface area contributed by atoms with Crippen LogP contribution in [-0.2, 0) is 17.7 Å². The van der Waals surface area contributed by atoms with Crippen LogP contribution in [0.2, 0.25) is 5.02 Å². The number of ether oxygens (including phenoxy) is 1. The number of hydrogen-bond donors (Lipinski definition) is 1. The van der Waals surface area contributed by atoms with Crippen LogP contribution >= 0.6 is 11.6 Å². The van der Waals surface area contributed by atoms with Crippen LogP contribution in [-0.4, -0.2) is 51.7 Å². The fourth-order valence-corrected chi connectivity index (χ4v) is 6.75. The molecule has 0 bridgehead atoms. The maximum atomic E-state index is 12.6. The van der Waals surface area contributed by atoms with Crippen molar-refractivity contribution < 1.29 is 9.53 Å². The molecule has 1 amide bonds. The summed E-state index contributed by atoms with van der Waals surface area (Å²) in [5.41, 5.74) is 4.71. The van der Waals surface area contributed by atoms with Gasteiger partial charge in [-0.15, -0.1) is 0 Å². The molecule has 4 heterocycles. The van der Waals surface area contributed by atoms with Gasteiger partial charge in [0, 0.05) is 36.3 Å². The van der Waals surface area contributed by atoms with Crippen molar-refractivity contribution in [3.05, 3.63) is 40.9 Å². The van der Waals surface area contributed by atoms with E-state index in [2.05, 4.69) is 41.0 Å². The first kappa shape index (κ1) is 22.9. The number of amides is 1. The van der Waals surface area contributed by atoms with E-state index in [9.17, 15) is 4.79 Å². The third kappa shape index (κ3) is 3.73. The third-order valence-corrected chi connectivity index (χ3v) is 8.59. The Balaban J connectivity index is 1.44. The molecule has 3 aromatic rings. The number of carbonyl (C=O) groups is 1. The number of aromatic nitrogens is 4. The van der Waals surface area contributed by atoms with Gasteiger partial charge in [0.1, 0.15) is 5.82 Å². The number of rotatable bonds is 4. The van der Waals surface area contributed by atoms with Gasteiger partial charge in [-0.05, 0) is 63.1 Å². The molecule has 1 saturated carbocycles. The number of nitrogens with one attached hydrogen (secondary N) is 1. The lowest BCUT2D eigenvalue weighted by Crippen LogP contribution is -2.42. The molecule has 1 aliphatic carbocycles. The summed E-state index contributed by atoms with van der Waals surface area (Å²) >= 11 is 6.13. The first-order valence-electron chi connectivity index (χ1n) is 12.7. The summed E-state index contributed by atoms with van der Waals surface area (Å²) in [6.45, 7) is 7.25. The zero-order valence-electron chi connectivity index (χ0n) is 20.6. The second-order valence-electron chi connectivity index (χ2n) is 10.8. The lowest BCUT2D eigenvalue weighted by atomic mass is 9.64. The highest BCUT2D eigenvalue weighted by molar-refractivity contribution is 6.30. The highest BCUT2D eigenvalue weighted by Gasteiger charge is 2.48. The Morgan fingerprint density at radius 3 is 2.89 bits per heavy atom. The summed E-state index contributed by atoms with van der Waals surface area (Å²) in [6, 6.07) is 4.79. The predicted octanol–water partition coefficient (Wildman–Crippen LogP) is 4.91. The number of hydrogen-bond acceptors (Lipinski definition) is 5. The molecule has 2 aliphatic heterocycles. The Kier molecular flexibility index (Phi) is 5.56. The first-order chi connectivity index (χ1) is 16.9. The second-order valence-corrected chi connectivity index (χ2v) is 11.2. The van der Waals surface area contributed by atoms with Gasteiger partial charge in [-0.25, -0.2) is 9.78 Å². The maximum absolute atomic E-state index is 12.6. The predicted molar refractivity (Wildman–Crippen MR) is 136 cm³/mol. The van der Waals surface area contributed by atoms with Crippen molar-refractivity contribution in [1.82, 2.24) is 24.6 Å². The summed E-state index contributed by atoms with van der Waals surface area (Å²) in [7, 11) is 1.45. The molecule has 2 fully saturated rings. The van der Waals surface area contributed by atoms with Crippen LogP contribution < -0.4 is 10.2 Å². The molecule has 3 aliphatic rings. The summed E-state index contributed by atoms with van der Waals surface area (Å²) in [4.78, 5) is 19.7. The Hall–Kier alpha value is -2.58. The Morgan fingerprint density at radius 2 is 2.20 bits per heavy atom. The van der Waals surface area contributed by atoms with Gasteiger partial charge in [-0.3, -0.25) is 9.58 Å². The van der Waals surface area contributed by atoms with E-state index in [-0.39, 0.29) is 18.1 Å². The fraction of sp³-hybridized carbons (Fsp3) is 0.577. The molecule has 9 heteroatoms. The molecule has 1 saturated heterocycles. The van der Waals surface area contributed by atoms with Crippen LogP contribution in [0.1, 0.15) is 62.9 Å². The summed E-state index contributed by atoms with van der Waals surface area (Å²) < 4.78 is 9.51. The van der Waals surface area contributed by atoms with Gasteiger partial charge in [0.2, 0.25) is 0 Å². The minimum atomic E-state index is -0.309. The van der Waals surface area contributed by atoms with E-state index in [4.69, 9.17) is 21.3 Å². The van der Waals surface area contributed by atoms with E-state index in [0.717, 1.165) is 48.5 Å². The highest BCUT2D eigenvalue weighted by Crippen LogP contribution is 2.54. The fourth-order valence-electron chi connectivity index (χ4n) is 6.59. The topological polar surface area (TPSA) is 77.2 Å². The van der Waals surface area contributed by atoms with Crippen LogP contribution in [0.15, 0.2) is 24.5 Å². The number of carbonyl (C=O) groups excluding carboxylic acids is 1. The Labute approximate surface area is 210 Å². The van der Waals surface area contributed by atoms with Gasteiger partial charge in [0.15, 0.2) is 0 Å². The highest BCUT2D eigenvalue weighted by atomic mass is 35.5. The van der Waals surface area contributed by atoms with E-state index >= 15 is 0 Å². The number of fused-ring (bicyclic) bond motifs is 3. The molecule has 0 unspecified atom stereocenters. The van der Waals surface area contributed by atoms with Gasteiger partial charge in [0.25, 0.3) is 0 Å². The largest absolute Gasteiger partial charge is 0.452 e. The molecule has 1 aromatic carbocycles. The average molecular weight is 497 g/mol. The number of nitrogens with zero attached hydrogens (tertiary/aromatic N) is 5. The number of benzene rings is 1. The SMILES string of the molecule is COC(=O)N1c2ccc3c(nc([C@@H](C)Cn4cc(Cl)cn4)n3C3CC4(CCNC4)C3)c2CC[C@@H]1C. The van der Waals surface area contributed by atoms with Gasteiger partial charge >= 0.3 is 6.09 Å². The van der Waals surface area contributed by atoms with Crippen molar-refractivity contribution in [2.24, 2.45) is 5.41 Å². The van der Waals surface area contributed by atoms with E-state index in [1.54, 1.807) is 11.1 Å². The van der Waals surface area contributed by atoms with Crippen LogP contribution in [0.25, 0.3) is 11.0 Å². The van der Waals surface area contributed by atoms with E-state index in [0.29, 0.717) is 23.0 Å². The van der Waals surface area contributed by atoms with E-state index in [1.807, 2.05) is 10.9 Å². The lowest BCUT2D eigenvalue weighted by molar-refractivity contribution is 0.0838. The third-order valence-electron chi connectivity index (χ3n) is 8.39. The van der Waals surface area contributed by atoms with Gasteiger partial charge in [-0.2, -0.15) is 5.10 Å². The number of imidazole rings is 1. The minimum absolute atomic E-state index is 0.0961. The molecule has 1 spiro atoms. The Morgan fingerprint density at radius 1 is 1.37 bits per heavy atom. The van der Waals surface area contributed by atoms with Crippen LogP contribution in [0.3, 0.4) is 0 Å². The molecule has 8 nitrogen and oxygen atoms in total. The van der Waals surface area contributed by atoms with Crippen LogP contribution in [0.4, 0.5) is 10.5 Å². The van der Waals surface area contributed by atoms with Crippen LogP contribution in [0, 0.1) is 5.41 Å².